The van der Waals surface area contributed by atoms with Crippen LogP contribution in [0.25, 0.3) is 0 Å². The molecule has 9 heteroatoms. The van der Waals surface area contributed by atoms with Gasteiger partial charge in [-0.15, -0.1) is 11.3 Å². The Hall–Kier alpha value is -2.23. The van der Waals surface area contributed by atoms with Crippen molar-refractivity contribution >= 4 is 38.2 Å². The Bertz CT molecular complexity index is 1030. The molecule has 30 heavy (non-hydrogen) atoms. The molecule has 1 atom stereocenters. The van der Waals surface area contributed by atoms with E-state index in [0.29, 0.717) is 30.0 Å². The molecule has 1 amide bonds. The van der Waals surface area contributed by atoms with Gasteiger partial charge in [-0.2, -0.15) is 4.31 Å². The highest BCUT2D eigenvalue weighted by molar-refractivity contribution is 7.89. The number of rotatable bonds is 6. The second-order valence-corrected chi connectivity index (χ2v) is 10.4. The summed E-state index contributed by atoms with van der Waals surface area (Å²) >= 11 is 1.33. The summed E-state index contributed by atoms with van der Waals surface area (Å²) in [6.07, 6.45) is 1.18. The number of hydrogen-bond donors (Lipinski definition) is 1. The molecule has 7 nitrogen and oxygen atoms in total. The van der Waals surface area contributed by atoms with E-state index in [1.54, 1.807) is 37.3 Å². The third-order valence-electron chi connectivity index (χ3n) is 5.24. The number of esters is 1. The maximum absolute atomic E-state index is 13.0. The Labute approximate surface area is 181 Å². The number of benzene rings is 1. The zero-order valence-corrected chi connectivity index (χ0v) is 18.9. The predicted molar refractivity (Wildman–Crippen MR) is 116 cm³/mol. The number of anilines is 1. The van der Waals surface area contributed by atoms with Gasteiger partial charge in [0.2, 0.25) is 15.9 Å². The summed E-state index contributed by atoms with van der Waals surface area (Å²) in [5.74, 6) is -1.24. The van der Waals surface area contributed by atoms with E-state index >= 15 is 0 Å². The number of thiophene rings is 1. The lowest BCUT2D eigenvalue weighted by Gasteiger charge is -2.31. The van der Waals surface area contributed by atoms with Crippen molar-refractivity contribution in [3.8, 4) is 0 Å². The van der Waals surface area contributed by atoms with Gasteiger partial charge in [-0.3, -0.25) is 4.79 Å². The van der Waals surface area contributed by atoms with Crippen molar-refractivity contribution in [2.75, 3.05) is 25.0 Å². The van der Waals surface area contributed by atoms with E-state index < -0.39 is 21.9 Å². The normalized spacial score (nSPS) is 17.5. The minimum atomic E-state index is -3.65. The standard InChI is InChI=1S/C21H26N2O5S2/c1-4-28-21(25)18-14(2)15(3)29-20(18)22-19(24)16-9-8-12-23(13-16)30(26,27)17-10-6-5-7-11-17/h5-7,10-11,16H,4,8-9,12-13H2,1-3H3,(H,22,24)/t16-/m0/s1. The van der Waals surface area contributed by atoms with Crippen molar-refractivity contribution in [3.63, 3.8) is 0 Å². The van der Waals surface area contributed by atoms with Crippen LogP contribution in [0.3, 0.4) is 0 Å². The van der Waals surface area contributed by atoms with E-state index in [1.807, 2.05) is 13.8 Å². The van der Waals surface area contributed by atoms with E-state index in [1.165, 1.54) is 15.6 Å². The lowest BCUT2D eigenvalue weighted by Crippen LogP contribution is -2.43. The van der Waals surface area contributed by atoms with Crippen LogP contribution in [0.5, 0.6) is 0 Å². The lowest BCUT2D eigenvalue weighted by molar-refractivity contribution is -0.120. The number of piperidine rings is 1. The average molecular weight is 451 g/mol. The Morgan fingerprint density at radius 2 is 1.93 bits per heavy atom. The summed E-state index contributed by atoms with van der Waals surface area (Å²) in [6, 6.07) is 8.24. The van der Waals surface area contributed by atoms with Crippen LogP contribution in [0.4, 0.5) is 5.00 Å². The van der Waals surface area contributed by atoms with E-state index in [2.05, 4.69) is 5.32 Å². The van der Waals surface area contributed by atoms with Gasteiger partial charge < -0.3 is 10.1 Å². The smallest absolute Gasteiger partial charge is 0.341 e. The quantitative estimate of drug-likeness (QED) is 0.679. The molecule has 1 N–H and O–H groups in total. The third-order valence-corrected chi connectivity index (χ3v) is 8.24. The van der Waals surface area contributed by atoms with Crippen LogP contribution in [0.15, 0.2) is 35.2 Å². The minimum Gasteiger partial charge on any atom is -0.462 e. The molecule has 0 unspecified atom stereocenters. The van der Waals surface area contributed by atoms with Crippen LogP contribution in [0, 0.1) is 19.8 Å². The molecule has 1 aliphatic heterocycles. The molecule has 3 rings (SSSR count). The fourth-order valence-corrected chi connectivity index (χ4v) is 6.09. The molecule has 1 aromatic carbocycles. The first-order valence-electron chi connectivity index (χ1n) is 9.88. The van der Waals surface area contributed by atoms with Gasteiger partial charge in [-0.1, -0.05) is 18.2 Å². The average Bonchev–Trinajstić information content (AvgIpc) is 3.02. The number of sulfonamides is 1. The maximum atomic E-state index is 13.0. The van der Waals surface area contributed by atoms with Crippen LogP contribution >= 0.6 is 11.3 Å². The highest BCUT2D eigenvalue weighted by Crippen LogP contribution is 2.34. The van der Waals surface area contributed by atoms with E-state index in [-0.39, 0.29) is 24.0 Å². The molecule has 1 aromatic heterocycles. The molecule has 0 radical (unpaired) electrons. The molecule has 1 aliphatic rings. The number of hydrogen-bond acceptors (Lipinski definition) is 6. The SMILES string of the molecule is CCOC(=O)c1c(NC(=O)[C@H]2CCCN(S(=O)(=O)c3ccccc3)C2)sc(C)c1C. The van der Waals surface area contributed by atoms with Crippen molar-refractivity contribution in [1.82, 2.24) is 4.31 Å². The first-order chi connectivity index (χ1) is 14.3. The number of nitrogens with one attached hydrogen (secondary N) is 1. The van der Waals surface area contributed by atoms with Gasteiger partial charge in [0, 0.05) is 18.0 Å². The van der Waals surface area contributed by atoms with Crippen LogP contribution in [-0.4, -0.2) is 44.3 Å². The Morgan fingerprint density at radius 3 is 2.60 bits per heavy atom. The first kappa shape index (κ1) is 22.5. The molecule has 1 fully saturated rings. The maximum Gasteiger partial charge on any atom is 0.341 e. The fraction of sp³-hybridized carbons (Fsp3) is 0.429. The van der Waals surface area contributed by atoms with Crippen molar-refractivity contribution in [2.24, 2.45) is 5.92 Å². The molecule has 0 bridgehead atoms. The number of amides is 1. The number of carbonyl (C=O) groups excluding carboxylic acids is 2. The van der Waals surface area contributed by atoms with Crippen LogP contribution in [0.1, 0.15) is 40.6 Å². The van der Waals surface area contributed by atoms with E-state index in [9.17, 15) is 18.0 Å². The van der Waals surface area contributed by atoms with E-state index in [4.69, 9.17) is 4.74 Å². The highest BCUT2D eigenvalue weighted by atomic mass is 32.2. The molecule has 0 spiro atoms. The van der Waals surface area contributed by atoms with Crippen molar-refractivity contribution in [1.29, 1.82) is 0 Å². The number of ether oxygens (including phenoxy) is 1. The summed E-state index contributed by atoms with van der Waals surface area (Å²) in [7, 11) is -3.65. The van der Waals surface area contributed by atoms with Gasteiger partial charge in [0.05, 0.1) is 23.0 Å². The van der Waals surface area contributed by atoms with Crippen LogP contribution in [0.2, 0.25) is 0 Å². The second-order valence-electron chi connectivity index (χ2n) is 7.21. The van der Waals surface area contributed by atoms with Crippen LogP contribution in [-0.2, 0) is 19.6 Å². The third kappa shape index (κ3) is 4.58. The molecular weight excluding hydrogens is 424 g/mol. The summed E-state index contributed by atoms with van der Waals surface area (Å²) < 4.78 is 32.3. The lowest BCUT2D eigenvalue weighted by atomic mass is 9.99. The summed E-state index contributed by atoms with van der Waals surface area (Å²) in [5, 5.41) is 3.31. The van der Waals surface area contributed by atoms with Gasteiger partial charge >= 0.3 is 5.97 Å². The first-order valence-corrected chi connectivity index (χ1v) is 12.1. The number of aryl methyl sites for hydroxylation is 1. The minimum absolute atomic E-state index is 0.112. The monoisotopic (exact) mass is 450 g/mol. The predicted octanol–water partition coefficient (Wildman–Crippen LogP) is 3.58. The van der Waals surface area contributed by atoms with Crippen LogP contribution < -0.4 is 5.32 Å². The fourth-order valence-electron chi connectivity index (χ4n) is 3.49. The van der Waals surface area contributed by atoms with Crippen molar-refractivity contribution in [3.05, 3.63) is 46.3 Å². The van der Waals surface area contributed by atoms with Crippen molar-refractivity contribution in [2.45, 2.75) is 38.5 Å². The number of nitrogens with zero attached hydrogens (tertiary/aromatic N) is 1. The van der Waals surface area contributed by atoms with E-state index in [0.717, 1.165) is 10.4 Å². The van der Waals surface area contributed by atoms with Gasteiger partial charge in [0.15, 0.2) is 0 Å². The molecule has 162 valence electrons. The molecular formula is C21H26N2O5S2. The zero-order valence-electron chi connectivity index (χ0n) is 17.3. The molecule has 0 saturated carbocycles. The van der Waals surface area contributed by atoms with Gasteiger partial charge in [-0.05, 0) is 51.3 Å². The molecule has 0 aliphatic carbocycles. The van der Waals surface area contributed by atoms with Gasteiger partial charge in [0.25, 0.3) is 0 Å². The van der Waals surface area contributed by atoms with Gasteiger partial charge in [-0.25, -0.2) is 13.2 Å². The summed E-state index contributed by atoms with van der Waals surface area (Å²) in [5.41, 5.74) is 1.16. The van der Waals surface area contributed by atoms with Gasteiger partial charge in [0.1, 0.15) is 5.00 Å². The summed E-state index contributed by atoms with van der Waals surface area (Å²) in [4.78, 5) is 26.4. The zero-order chi connectivity index (χ0) is 21.9. The molecule has 1 saturated heterocycles. The topological polar surface area (TPSA) is 92.8 Å². The summed E-state index contributed by atoms with van der Waals surface area (Å²) in [6.45, 7) is 6.17. The molecule has 2 aromatic rings. The Kier molecular flexibility index (Phi) is 6.95. The Balaban J connectivity index is 1.77. The number of carbonyl (C=O) groups is 2. The second kappa shape index (κ2) is 9.28. The van der Waals surface area contributed by atoms with Crippen molar-refractivity contribution < 1.29 is 22.7 Å². The highest BCUT2D eigenvalue weighted by Gasteiger charge is 2.34. The molecule has 2 heterocycles. The Morgan fingerprint density at radius 1 is 1.23 bits per heavy atom. The largest absolute Gasteiger partial charge is 0.462 e.